The molecule has 1 unspecified atom stereocenters. The fraction of sp³-hybridized carbons (Fsp3) is 0.412. The fourth-order valence-electron chi connectivity index (χ4n) is 3.41. The number of ether oxygens (including phenoxy) is 1. The van der Waals surface area contributed by atoms with Crippen molar-refractivity contribution in [3.05, 3.63) is 40.4 Å². The highest BCUT2D eigenvalue weighted by molar-refractivity contribution is 7.15. The first-order valence-electron chi connectivity index (χ1n) is 8.11. The number of thiophene rings is 1. The normalized spacial score (nSPS) is 25.5. The molecule has 0 spiro atoms. The summed E-state index contributed by atoms with van der Waals surface area (Å²) in [6.45, 7) is 3.30. The van der Waals surface area contributed by atoms with Gasteiger partial charge in [-0.1, -0.05) is 29.0 Å². The van der Waals surface area contributed by atoms with Crippen molar-refractivity contribution in [2.24, 2.45) is 5.92 Å². The minimum Gasteiger partial charge on any atom is -0.428 e. The average Bonchev–Trinajstić information content (AvgIpc) is 3.05. The van der Waals surface area contributed by atoms with Crippen LogP contribution in [0.25, 0.3) is 0 Å². The van der Waals surface area contributed by atoms with Crippen molar-refractivity contribution < 1.29 is 9.53 Å². The van der Waals surface area contributed by atoms with E-state index in [4.69, 9.17) is 16.3 Å². The van der Waals surface area contributed by atoms with Gasteiger partial charge in [0.05, 0.1) is 4.88 Å². The standard InChI is InChI=1S/C17H18ClN3O2S/c18-14-2-1-3-15(20-14)23-16-5-4-13(24-16)17(22)19-12-10-21-8-6-11(12)7-9-21/h1-5,11-12H,6-10H2,(H,19,22). The Kier molecular flexibility index (Phi) is 4.43. The third-order valence-corrected chi connectivity index (χ3v) is 5.85. The van der Waals surface area contributed by atoms with Crippen LogP contribution in [0.4, 0.5) is 0 Å². The van der Waals surface area contributed by atoms with E-state index in [0.717, 1.165) is 6.54 Å². The molecule has 126 valence electrons. The molecule has 5 rings (SSSR count). The Labute approximate surface area is 149 Å². The summed E-state index contributed by atoms with van der Waals surface area (Å²) in [7, 11) is 0. The minimum atomic E-state index is -0.0207. The second-order valence-electron chi connectivity index (χ2n) is 6.24. The predicted molar refractivity (Wildman–Crippen MR) is 94.1 cm³/mol. The van der Waals surface area contributed by atoms with Gasteiger partial charge in [-0.05, 0) is 50.0 Å². The van der Waals surface area contributed by atoms with E-state index >= 15 is 0 Å². The summed E-state index contributed by atoms with van der Waals surface area (Å²) in [5.41, 5.74) is 0. The number of carbonyl (C=O) groups is 1. The zero-order chi connectivity index (χ0) is 16.5. The van der Waals surface area contributed by atoms with E-state index in [1.807, 2.05) is 0 Å². The Balaban J connectivity index is 1.40. The highest BCUT2D eigenvalue weighted by atomic mass is 35.5. The third-order valence-electron chi connectivity index (χ3n) is 4.67. The van der Waals surface area contributed by atoms with Crippen LogP contribution < -0.4 is 10.1 Å². The fourth-order valence-corrected chi connectivity index (χ4v) is 4.34. The maximum atomic E-state index is 12.5. The molecule has 0 radical (unpaired) electrons. The van der Waals surface area contributed by atoms with Crippen molar-refractivity contribution in [1.29, 1.82) is 0 Å². The Morgan fingerprint density at radius 3 is 2.83 bits per heavy atom. The van der Waals surface area contributed by atoms with Gasteiger partial charge in [0, 0.05) is 18.7 Å². The number of amides is 1. The Morgan fingerprint density at radius 1 is 1.29 bits per heavy atom. The second-order valence-corrected chi connectivity index (χ2v) is 7.67. The van der Waals surface area contributed by atoms with Crippen molar-refractivity contribution >= 4 is 28.8 Å². The third kappa shape index (κ3) is 3.41. The molecule has 1 N–H and O–H groups in total. The van der Waals surface area contributed by atoms with E-state index in [2.05, 4.69) is 15.2 Å². The van der Waals surface area contributed by atoms with Gasteiger partial charge in [0.15, 0.2) is 5.06 Å². The SMILES string of the molecule is O=C(NC1CN2CCC1CC2)c1ccc(Oc2cccc(Cl)n2)s1. The largest absolute Gasteiger partial charge is 0.428 e. The van der Waals surface area contributed by atoms with Crippen LogP contribution in [0, 0.1) is 5.92 Å². The summed E-state index contributed by atoms with van der Waals surface area (Å²) in [4.78, 5) is 19.7. The molecule has 3 fully saturated rings. The molecule has 3 saturated heterocycles. The molecular formula is C17H18ClN3O2S. The van der Waals surface area contributed by atoms with Crippen LogP contribution in [-0.2, 0) is 0 Å². The molecule has 7 heteroatoms. The number of hydrogen-bond donors (Lipinski definition) is 1. The van der Waals surface area contributed by atoms with Crippen molar-refractivity contribution in [2.45, 2.75) is 18.9 Å². The zero-order valence-electron chi connectivity index (χ0n) is 13.1. The molecule has 0 aromatic carbocycles. The molecule has 0 aliphatic carbocycles. The smallest absolute Gasteiger partial charge is 0.261 e. The Bertz CT molecular complexity index is 743. The first kappa shape index (κ1) is 15.9. The molecular weight excluding hydrogens is 346 g/mol. The van der Waals surface area contributed by atoms with Gasteiger partial charge in [-0.15, -0.1) is 0 Å². The van der Waals surface area contributed by atoms with Crippen LogP contribution >= 0.6 is 22.9 Å². The van der Waals surface area contributed by atoms with E-state index in [1.54, 1.807) is 30.3 Å². The molecule has 2 bridgehead atoms. The van der Waals surface area contributed by atoms with E-state index in [0.29, 0.717) is 26.9 Å². The summed E-state index contributed by atoms with van der Waals surface area (Å²) in [6, 6.07) is 9.05. The molecule has 1 atom stereocenters. The highest BCUT2D eigenvalue weighted by Gasteiger charge is 2.35. The number of halogens is 1. The van der Waals surface area contributed by atoms with E-state index in [1.165, 1.54) is 37.3 Å². The quantitative estimate of drug-likeness (QED) is 0.846. The number of pyridine rings is 1. The highest BCUT2D eigenvalue weighted by Crippen LogP contribution is 2.31. The maximum absolute atomic E-state index is 12.5. The lowest BCUT2D eigenvalue weighted by Crippen LogP contribution is -2.57. The van der Waals surface area contributed by atoms with Gasteiger partial charge in [-0.2, -0.15) is 0 Å². The van der Waals surface area contributed by atoms with Crippen molar-refractivity contribution in [3.63, 3.8) is 0 Å². The summed E-state index contributed by atoms with van der Waals surface area (Å²) in [6.07, 6.45) is 2.37. The molecule has 5 nitrogen and oxygen atoms in total. The van der Waals surface area contributed by atoms with Gasteiger partial charge in [0.25, 0.3) is 5.91 Å². The molecule has 2 aromatic rings. The van der Waals surface area contributed by atoms with Gasteiger partial charge >= 0.3 is 0 Å². The van der Waals surface area contributed by atoms with Gasteiger partial charge in [-0.25, -0.2) is 4.98 Å². The first-order chi connectivity index (χ1) is 11.7. The maximum Gasteiger partial charge on any atom is 0.261 e. The lowest BCUT2D eigenvalue weighted by molar-refractivity contribution is 0.0622. The topological polar surface area (TPSA) is 54.5 Å². The molecule has 5 heterocycles. The molecule has 24 heavy (non-hydrogen) atoms. The summed E-state index contributed by atoms with van der Waals surface area (Å²) < 4.78 is 5.66. The minimum absolute atomic E-state index is 0.0207. The lowest BCUT2D eigenvalue weighted by atomic mass is 9.84. The van der Waals surface area contributed by atoms with E-state index in [9.17, 15) is 4.79 Å². The monoisotopic (exact) mass is 363 g/mol. The van der Waals surface area contributed by atoms with Gasteiger partial charge < -0.3 is 15.0 Å². The number of nitrogens with one attached hydrogen (secondary N) is 1. The van der Waals surface area contributed by atoms with Crippen LogP contribution in [0.15, 0.2) is 30.3 Å². The van der Waals surface area contributed by atoms with Crippen LogP contribution in [0.1, 0.15) is 22.5 Å². The number of piperidine rings is 3. The zero-order valence-corrected chi connectivity index (χ0v) is 14.6. The Morgan fingerprint density at radius 2 is 2.12 bits per heavy atom. The van der Waals surface area contributed by atoms with Crippen molar-refractivity contribution in [2.75, 3.05) is 19.6 Å². The van der Waals surface area contributed by atoms with Gasteiger partial charge in [0.1, 0.15) is 5.15 Å². The Hall–Kier alpha value is -1.63. The van der Waals surface area contributed by atoms with E-state index in [-0.39, 0.29) is 11.9 Å². The first-order valence-corrected chi connectivity index (χ1v) is 9.30. The lowest BCUT2D eigenvalue weighted by Gasteiger charge is -2.44. The summed E-state index contributed by atoms with van der Waals surface area (Å²) in [5, 5.41) is 4.20. The number of rotatable bonds is 4. The number of hydrogen-bond acceptors (Lipinski definition) is 5. The van der Waals surface area contributed by atoms with Crippen LogP contribution in [0.5, 0.6) is 10.9 Å². The van der Waals surface area contributed by atoms with Crippen molar-refractivity contribution in [1.82, 2.24) is 15.2 Å². The van der Waals surface area contributed by atoms with Crippen LogP contribution in [-0.4, -0.2) is 41.5 Å². The van der Waals surface area contributed by atoms with Crippen LogP contribution in [0.3, 0.4) is 0 Å². The average molecular weight is 364 g/mol. The summed E-state index contributed by atoms with van der Waals surface area (Å²) in [5.74, 6) is 1.02. The second kappa shape index (κ2) is 6.70. The van der Waals surface area contributed by atoms with Gasteiger partial charge in [0.2, 0.25) is 5.88 Å². The van der Waals surface area contributed by atoms with Crippen LogP contribution in [0.2, 0.25) is 5.15 Å². The number of carbonyl (C=O) groups excluding carboxylic acids is 1. The van der Waals surface area contributed by atoms with Crippen molar-refractivity contribution in [3.8, 4) is 10.9 Å². The predicted octanol–water partition coefficient (Wildman–Crippen LogP) is 3.41. The van der Waals surface area contributed by atoms with E-state index < -0.39 is 0 Å². The number of aromatic nitrogens is 1. The number of nitrogens with zero attached hydrogens (tertiary/aromatic N) is 2. The molecule has 2 aromatic heterocycles. The molecule has 1 amide bonds. The number of fused-ring (bicyclic) bond motifs is 3. The molecule has 3 aliphatic heterocycles. The molecule has 3 aliphatic rings. The van der Waals surface area contributed by atoms with Gasteiger partial charge in [-0.3, -0.25) is 4.79 Å². The molecule has 0 saturated carbocycles. The summed E-state index contributed by atoms with van der Waals surface area (Å²) >= 11 is 7.17.